The highest BCUT2D eigenvalue weighted by atomic mass is 16.6. The second-order valence-corrected chi connectivity index (χ2v) is 6.48. The second kappa shape index (κ2) is 9.15. The molecule has 0 aromatic rings. The van der Waals surface area contributed by atoms with E-state index in [1.807, 2.05) is 0 Å². The van der Waals surface area contributed by atoms with Crippen molar-refractivity contribution in [2.24, 2.45) is 5.92 Å². The van der Waals surface area contributed by atoms with E-state index < -0.39 is 36.8 Å². The monoisotopic (exact) mass is 320 g/mol. The van der Waals surface area contributed by atoms with E-state index >= 15 is 0 Å². The molecule has 1 saturated heterocycles. The Labute approximate surface area is 132 Å². The minimum atomic E-state index is -1.77. The molecule has 6 nitrogen and oxygen atoms in total. The summed E-state index contributed by atoms with van der Waals surface area (Å²) in [6.07, 6.45) is 1.51. The molecular formula is C16H32O6. The maximum Gasteiger partial charge on any atom is 0.184 e. The number of hydrogen-bond donors (Lipinski definition) is 5. The van der Waals surface area contributed by atoms with Crippen LogP contribution in [0.15, 0.2) is 0 Å². The van der Waals surface area contributed by atoms with E-state index in [1.165, 1.54) is 19.3 Å². The van der Waals surface area contributed by atoms with Crippen LogP contribution in [0.3, 0.4) is 0 Å². The lowest BCUT2D eigenvalue weighted by Crippen LogP contribution is -2.69. The van der Waals surface area contributed by atoms with E-state index in [1.54, 1.807) is 6.92 Å². The third-order valence-corrected chi connectivity index (χ3v) is 4.85. The van der Waals surface area contributed by atoms with Crippen LogP contribution in [-0.4, -0.2) is 62.3 Å². The maximum absolute atomic E-state index is 10.8. The summed E-state index contributed by atoms with van der Waals surface area (Å²) < 4.78 is 5.06. The second-order valence-electron chi connectivity index (χ2n) is 6.48. The van der Waals surface area contributed by atoms with E-state index in [-0.39, 0.29) is 5.92 Å². The van der Waals surface area contributed by atoms with Gasteiger partial charge in [0.05, 0.1) is 6.61 Å². The Hall–Kier alpha value is -0.240. The summed E-state index contributed by atoms with van der Waals surface area (Å²) in [6, 6.07) is 0. The Balaban J connectivity index is 2.57. The molecule has 132 valence electrons. The van der Waals surface area contributed by atoms with Gasteiger partial charge in [-0.05, 0) is 12.3 Å². The highest BCUT2D eigenvalue weighted by Gasteiger charge is 2.56. The minimum Gasteiger partial charge on any atom is -0.394 e. The topological polar surface area (TPSA) is 110 Å². The summed E-state index contributed by atoms with van der Waals surface area (Å²) in [5.41, 5.74) is -1.77. The minimum absolute atomic E-state index is 0.368. The molecule has 5 N–H and O–H groups in total. The van der Waals surface area contributed by atoms with Gasteiger partial charge in [-0.2, -0.15) is 0 Å². The quantitative estimate of drug-likeness (QED) is 0.397. The molecule has 1 aliphatic heterocycles. The Morgan fingerprint density at radius 2 is 1.64 bits per heavy atom. The van der Waals surface area contributed by atoms with Crippen LogP contribution < -0.4 is 0 Å². The number of rotatable bonds is 9. The van der Waals surface area contributed by atoms with Crippen molar-refractivity contribution in [2.45, 2.75) is 89.0 Å². The van der Waals surface area contributed by atoms with Gasteiger partial charge in [0.2, 0.25) is 0 Å². The van der Waals surface area contributed by atoms with Gasteiger partial charge in [0.25, 0.3) is 0 Å². The van der Waals surface area contributed by atoms with E-state index in [2.05, 4.69) is 6.92 Å². The molecule has 6 heteroatoms. The van der Waals surface area contributed by atoms with Crippen LogP contribution in [0.4, 0.5) is 0 Å². The van der Waals surface area contributed by atoms with Crippen molar-refractivity contribution in [1.82, 2.24) is 0 Å². The van der Waals surface area contributed by atoms with Gasteiger partial charge in [0.15, 0.2) is 6.29 Å². The molecule has 0 spiro atoms. The van der Waals surface area contributed by atoms with Crippen LogP contribution in [0.25, 0.3) is 0 Å². The fourth-order valence-corrected chi connectivity index (χ4v) is 3.24. The van der Waals surface area contributed by atoms with Gasteiger partial charge in [0, 0.05) is 0 Å². The van der Waals surface area contributed by atoms with Crippen LogP contribution in [-0.2, 0) is 4.74 Å². The highest BCUT2D eigenvalue weighted by molar-refractivity contribution is 5.04. The number of hydrogen-bond acceptors (Lipinski definition) is 6. The molecule has 22 heavy (non-hydrogen) atoms. The van der Waals surface area contributed by atoms with Crippen molar-refractivity contribution in [1.29, 1.82) is 0 Å². The lowest BCUT2D eigenvalue weighted by molar-refractivity contribution is -0.332. The summed E-state index contributed by atoms with van der Waals surface area (Å²) in [7, 11) is 0. The first-order valence-electron chi connectivity index (χ1n) is 8.42. The van der Waals surface area contributed by atoms with E-state index in [0.717, 1.165) is 19.3 Å². The van der Waals surface area contributed by atoms with Crippen LogP contribution >= 0.6 is 0 Å². The fraction of sp³-hybridized carbons (Fsp3) is 1.00. The van der Waals surface area contributed by atoms with Crippen molar-refractivity contribution in [3.63, 3.8) is 0 Å². The van der Waals surface area contributed by atoms with Crippen LogP contribution in [0.5, 0.6) is 0 Å². The standard InChI is InChI=1S/C16H32O6/c1-3-4-5-6-7-8-9-11(2)16(21)12(10-17)22-15(20)13(18)14(16)19/h11-15,17-21H,3-10H2,1-2H3/t11?,12-,13-,14-,15?,16-/m1/s1. The van der Waals surface area contributed by atoms with Crippen LogP contribution in [0, 0.1) is 5.92 Å². The summed E-state index contributed by atoms with van der Waals surface area (Å²) in [5, 5.41) is 49.6. The third kappa shape index (κ3) is 4.40. The molecule has 6 atom stereocenters. The van der Waals surface area contributed by atoms with Gasteiger partial charge in [0.1, 0.15) is 23.9 Å². The van der Waals surface area contributed by atoms with Crippen molar-refractivity contribution in [2.75, 3.05) is 6.61 Å². The molecule has 0 amide bonds. The molecule has 0 saturated carbocycles. The molecule has 0 bridgehead atoms. The summed E-state index contributed by atoms with van der Waals surface area (Å²) in [5.74, 6) is -0.368. The number of unbranched alkanes of at least 4 members (excludes halogenated alkanes) is 5. The van der Waals surface area contributed by atoms with E-state index in [0.29, 0.717) is 6.42 Å². The average Bonchev–Trinajstić information content (AvgIpc) is 2.51. The smallest absolute Gasteiger partial charge is 0.184 e. The molecule has 1 fully saturated rings. The summed E-state index contributed by atoms with van der Waals surface area (Å²) in [6.45, 7) is 3.40. The van der Waals surface area contributed by atoms with Gasteiger partial charge in [-0.1, -0.05) is 52.4 Å². The lowest BCUT2D eigenvalue weighted by Gasteiger charge is -2.49. The fourth-order valence-electron chi connectivity index (χ4n) is 3.24. The average molecular weight is 320 g/mol. The Kier molecular flexibility index (Phi) is 8.24. The molecule has 0 aromatic heterocycles. The highest BCUT2D eigenvalue weighted by Crippen LogP contribution is 2.37. The van der Waals surface area contributed by atoms with Gasteiger partial charge in [-0.25, -0.2) is 0 Å². The molecule has 0 aromatic carbocycles. The number of aliphatic hydroxyl groups is 5. The first-order valence-corrected chi connectivity index (χ1v) is 8.42. The van der Waals surface area contributed by atoms with Crippen molar-refractivity contribution in [3.8, 4) is 0 Å². The van der Waals surface area contributed by atoms with Crippen LogP contribution in [0.1, 0.15) is 58.8 Å². The van der Waals surface area contributed by atoms with E-state index in [9.17, 15) is 25.5 Å². The molecule has 1 aliphatic rings. The van der Waals surface area contributed by atoms with E-state index in [4.69, 9.17) is 4.74 Å². The molecule has 0 aliphatic carbocycles. The van der Waals surface area contributed by atoms with Crippen molar-refractivity contribution in [3.05, 3.63) is 0 Å². The normalized spacial score (nSPS) is 37.2. The zero-order valence-corrected chi connectivity index (χ0v) is 13.7. The van der Waals surface area contributed by atoms with Crippen molar-refractivity contribution >= 4 is 0 Å². The lowest BCUT2D eigenvalue weighted by atomic mass is 9.73. The first kappa shape index (κ1) is 19.8. The first-order chi connectivity index (χ1) is 10.4. The number of ether oxygens (including phenoxy) is 1. The van der Waals surface area contributed by atoms with Gasteiger partial charge < -0.3 is 30.3 Å². The summed E-state index contributed by atoms with van der Waals surface area (Å²) >= 11 is 0. The third-order valence-electron chi connectivity index (χ3n) is 4.85. The van der Waals surface area contributed by atoms with Gasteiger partial charge in [-0.15, -0.1) is 0 Å². The SMILES string of the molecule is CCCCCCCCC(C)[C@]1(O)[C@H](O)[C@@H](O)C(O)O[C@@H]1CO. The molecule has 0 radical (unpaired) electrons. The predicted molar refractivity (Wildman–Crippen MR) is 82.1 cm³/mol. The molecular weight excluding hydrogens is 288 g/mol. The molecule has 1 rings (SSSR count). The number of aliphatic hydroxyl groups excluding tert-OH is 4. The van der Waals surface area contributed by atoms with Gasteiger partial charge >= 0.3 is 0 Å². The maximum atomic E-state index is 10.8. The summed E-state index contributed by atoms with van der Waals surface area (Å²) in [4.78, 5) is 0. The molecule has 2 unspecified atom stereocenters. The zero-order chi connectivity index (χ0) is 16.8. The Morgan fingerprint density at radius 1 is 1.05 bits per heavy atom. The van der Waals surface area contributed by atoms with Crippen molar-refractivity contribution < 1.29 is 30.3 Å². The predicted octanol–water partition coefficient (Wildman–Crippen LogP) is 0.535. The Bertz CT molecular complexity index is 309. The largest absolute Gasteiger partial charge is 0.394 e. The zero-order valence-electron chi connectivity index (χ0n) is 13.7. The van der Waals surface area contributed by atoms with Gasteiger partial charge in [-0.3, -0.25) is 0 Å². The van der Waals surface area contributed by atoms with Crippen LogP contribution in [0.2, 0.25) is 0 Å². The Morgan fingerprint density at radius 3 is 2.23 bits per heavy atom. The molecule has 1 heterocycles.